The van der Waals surface area contributed by atoms with E-state index in [4.69, 9.17) is 5.11 Å². The van der Waals surface area contributed by atoms with Crippen molar-refractivity contribution in [3.8, 4) is 0 Å². The molecule has 0 saturated heterocycles. The number of fused-ring (bicyclic) bond motifs is 1. The first-order chi connectivity index (χ1) is 7.09. The second-order valence-electron chi connectivity index (χ2n) is 4.26. The summed E-state index contributed by atoms with van der Waals surface area (Å²) in [6.07, 6.45) is 2.34. The van der Waals surface area contributed by atoms with E-state index in [0.29, 0.717) is 11.7 Å². The Kier molecular flexibility index (Phi) is 2.50. The average molecular weight is 208 g/mol. The van der Waals surface area contributed by atoms with E-state index in [2.05, 4.69) is 16.5 Å². The van der Waals surface area contributed by atoms with Gasteiger partial charge in [0.15, 0.2) is 0 Å². The monoisotopic (exact) mass is 208 g/mol. The molecule has 0 amide bonds. The number of rotatable bonds is 2. The van der Waals surface area contributed by atoms with Gasteiger partial charge in [0.25, 0.3) is 0 Å². The third-order valence-corrected chi connectivity index (χ3v) is 3.06. The van der Waals surface area contributed by atoms with Gasteiger partial charge in [0.1, 0.15) is 12.2 Å². The first-order valence-electron chi connectivity index (χ1n) is 5.37. The fourth-order valence-corrected chi connectivity index (χ4v) is 2.48. The van der Waals surface area contributed by atoms with Crippen molar-refractivity contribution in [3.63, 3.8) is 0 Å². The molecule has 0 fully saturated rings. The van der Waals surface area contributed by atoms with E-state index in [0.717, 1.165) is 18.7 Å². The smallest absolute Gasteiger partial charge is 0.311 e. The van der Waals surface area contributed by atoms with Crippen LogP contribution in [0.1, 0.15) is 42.9 Å². The maximum Gasteiger partial charge on any atom is 0.311 e. The van der Waals surface area contributed by atoms with Crippen LogP contribution in [-0.2, 0) is 17.8 Å². The molecule has 0 saturated carbocycles. The van der Waals surface area contributed by atoms with Gasteiger partial charge < -0.3 is 9.67 Å². The lowest BCUT2D eigenvalue weighted by molar-refractivity contribution is -0.136. The van der Waals surface area contributed by atoms with Crippen molar-refractivity contribution in [2.45, 2.75) is 45.6 Å². The van der Waals surface area contributed by atoms with E-state index < -0.39 is 5.97 Å². The summed E-state index contributed by atoms with van der Waals surface area (Å²) >= 11 is 0. The molecule has 1 aromatic rings. The summed E-state index contributed by atoms with van der Waals surface area (Å²) in [5.74, 6) is 0.413. The Bertz CT molecular complexity index is 396. The Morgan fingerprint density at radius 1 is 1.67 bits per heavy atom. The van der Waals surface area contributed by atoms with E-state index in [1.807, 2.05) is 6.92 Å². The van der Waals surface area contributed by atoms with E-state index in [1.165, 1.54) is 12.1 Å². The number of hydrogen-bond donors (Lipinski definition) is 1. The zero-order chi connectivity index (χ0) is 11.0. The maximum atomic E-state index is 10.7. The molecule has 4 nitrogen and oxygen atoms in total. The third-order valence-electron chi connectivity index (χ3n) is 3.06. The van der Waals surface area contributed by atoms with Gasteiger partial charge in [0.2, 0.25) is 0 Å². The molecule has 0 radical (unpaired) electrons. The van der Waals surface area contributed by atoms with Crippen LogP contribution in [0.2, 0.25) is 0 Å². The van der Waals surface area contributed by atoms with Crippen molar-refractivity contribution in [3.05, 3.63) is 17.2 Å². The van der Waals surface area contributed by atoms with Crippen LogP contribution < -0.4 is 0 Å². The van der Waals surface area contributed by atoms with Gasteiger partial charge in [-0.25, -0.2) is 4.98 Å². The van der Waals surface area contributed by atoms with Gasteiger partial charge in [-0.3, -0.25) is 4.79 Å². The molecule has 2 heterocycles. The first-order valence-corrected chi connectivity index (χ1v) is 5.37. The maximum absolute atomic E-state index is 10.7. The minimum atomic E-state index is -0.805. The highest BCUT2D eigenvalue weighted by Gasteiger charge is 2.23. The lowest BCUT2D eigenvalue weighted by Gasteiger charge is -2.22. The fraction of sp³-hybridized carbons (Fsp3) is 0.636. The topological polar surface area (TPSA) is 55.1 Å². The number of carboxylic acids is 1. The molecule has 1 aliphatic heterocycles. The molecule has 2 rings (SSSR count). The zero-order valence-corrected chi connectivity index (χ0v) is 9.16. The van der Waals surface area contributed by atoms with Gasteiger partial charge in [-0.2, -0.15) is 0 Å². The first kappa shape index (κ1) is 10.2. The number of carboxylic acid groups (broad SMARTS) is 1. The second-order valence-corrected chi connectivity index (χ2v) is 4.26. The normalized spacial score (nSPS) is 20.0. The van der Waals surface area contributed by atoms with Crippen molar-refractivity contribution < 1.29 is 9.90 Å². The number of hydrogen-bond acceptors (Lipinski definition) is 2. The molecule has 1 aromatic heterocycles. The molecule has 1 N–H and O–H groups in total. The minimum Gasteiger partial charge on any atom is -0.481 e. The highest BCUT2D eigenvalue weighted by atomic mass is 16.4. The Morgan fingerprint density at radius 3 is 3.07 bits per heavy atom. The Balaban J connectivity index is 2.41. The van der Waals surface area contributed by atoms with Crippen molar-refractivity contribution in [1.82, 2.24) is 9.55 Å². The minimum absolute atomic E-state index is 0.0353. The molecular weight excluding hydrogens is 192 g/mol. The third kappa shape index (κ3) is 1.76. The van der Waals surface area contributed by atoms with Crippen LogP contribution in [0.3, 0.4) is 0 Å². The summed E-state index contributed by atoms with van der Waals surface area (Å²) in [5.41, 5.74) is 2.23. The van der Waals surface area contributed by atoms with Gasteiger partial charge in [-0.05, 0) is 25.7 Å². The Hall–Kier alpha value is -1.32. The lowest BCUT2D eigenvalue weighted by atomic mass is 9.97. The molecule has 82 valence electrons. The van der Waals surface area contributed by atoms with E-state index in [1.54, 1.807) is 0 Å². The van der Waals surface area contributed by atoms with Crippen LogP contribution in [0.15, 0.2) is 0 Å². The van der Waals surface area contributed by atoms with Crippen molar-refractivity contribution in [2.75, 3.05) is 0 Å². The van der Waals surface area contributed by atoms with Gasteiger partial charge in [0, 0.05) is 12.2 Å². The molecule has 0 bridgehead atoms. The number of nitrogens with zero attached hydrogens (tertiary/aromatic N) is 2. The summed E-state index contributed by atoms with van der Waals surface area (Å²) in [6, 6.07) is 0. The molecule has 0 aliphatic carbocycles. The fourth-order valence-electron chi connectivity index (χ4n) is 2.48. The van der Waals surface area contributed by atoms with Gasteiger partial charge >= 0.3 is 5.97 Å². The highest BCUT2D eigenvalue weighted by Crippen LogP contribution is 2.30. The predicted molar refractivity (Wildman–Crippen MR) is 56.0 cm³/mol. The summed E-state index contributed by atoms with van der Waals surface area (Å²) in [5, 5.41) is 8.79. The second kappa shape index (κ2) is 3.68. The van der Waals surface area contributed by atoms with Crippen molar-refractivity contribution >= 4 is 5.97 Å². The van der Waals surface area contributed by atoms with E-state index >= 15 is 0 Å². The van der Waals surface area contributed by atoms with Crippen LogP contribution >= 0.6 is 0 Å². The zero-order valence-electron chi connectivity index (χ0n) is 9.16. The lowest BCUT2D eigenvalue weighted by Crippen LogP contribution is -2.17. The Labute approximate surface area is 88.9 Å². The number of aliphatic carboxylic acids is 1. The largest absolute Gasteiger partial charge is 0.481 e. The number of carbonyl (C=O) groups is 1. The molecule has 1 atom stereocenters. The number of aromatic nitrogens is 2. The summed E-state index contributed by atoms with van der Waals surface area (Å²) in [4.78, 5) is 15.1. The standard InChI is InChI=1S/C11H16N2O2/c1-7-4-3-5-13-9(6-10(14)15)12-8(2)11(7)13/h7H,3-6H2,1-2H3,(H,14,15). The molecule has 1 aliphatic rings. The van der Waals surface area contributed by atoms with Crippen LogP contribution in [0.4, 0.5) is 0 Å². The molecular formula is C11H16N2O2. The van der Waals surface area contributed by atoms with Crippen molar-refractivity contribution in [2.24, 2.45) is 0 Å². The molecule has 4 heteroatoms. The summed E-state index contributed by atoms with van der Waals surface area (Å²) in [7, 11) is 0. The van der Waals surface area contributed by atoms with E-state index in [-0.39, 0.29) is 6.42 Å². The van der Waals surface area contributed by atoms with Crippen molar-refractivity contribution in [1.29, 1.82) is 0 Å². The number of imidazole rings is 1. The predicted octanol–water partition coefficient (Wildman–Crippen LogP) is 1.72. The Morgan fingerprint density at radius 2 is 2.40 bits per heavy atom. The number of aryl methyl sites for hydroxylation is 1. The van der Waals surface area contributed by atoms with Gasteiger partial charge in [-0.15, -0.1) is 0 Å². The SMILES string of the molecule is Cc1nc(CC(=O)O)n2c1C(C)CCC2. The van der Waals surface area contributed by atoms with Gasteiger partial charge in [0.05, 0.1) is 5.69 Å². The van der Waals surface area contributed by atoms with Crippen LogP contribution in [0.25, 0.3) is 0 Å². The highest BCUT2D eigenvalue weighted by molar-refractivity contribution is 5.69. The van der Waals surface area contributed by atoms with Crippen LogP contribution in [0.5, 0.6) is 0 Å². The summed E-state index contributed by atoms with van der Waals surface area (Å²) < 4.78 is 2.09. The quantitative estimate of drug-likeness (QED) is 0.805. The molecule has 15 heavy (non-hydrogen) atoms. The molecule has 0 spiro atoms. The molecule has 0 aromatic carbocycles. The molecule has 1 unspecified atom stereocenters. The van der Waals surface area contributed by atoms with Crippen LogP contribution in [-0.4, -0.2) is 20.6 Å². The summed E-state index contributed by atoms with van der Waals surface area (Å²) in [6.45, 7) is 5.08. The average Bonchev–Trinajstić information content (AvgIpc) is 2.44. The van der Waals surface area contributed by atoms with Gasteiger partial charge in [-0.1, -0.05) is 6.92 Å². The van der Waals surface area contributed by atoms with E-state index in [9.17, 15) is 4.79 Å². The van der Waals surface area contributed by atoms with Crippen LogP contribution in [0, 0.1) is 6.92 Å².